The fourth-order valence-corrected chi connectivity index (χ4v) is 5.93. The summed E-state index contributed by atoms with van der Waals surface area (Å²) in [7, 11) is 0. The van der Waals surface area contributed by atoms with Crippen molar-refractivity contribution in [2.45, 2.75) is 38.4 Å². The Labute approximate surface area is 160 Å². The Balaban J connectivity index is 1.40. The first-order valence-electron chi connectivity index (χ1n) is 9.10. The van der Waals surface area contributed by atoms with Gasteiger partial charge in [-0.05, 0) is 56.0 Å². The van der Waals surface area contributed by atoms with Gasteiger partial charge >= 0.3 is 0 Å². The van der Waals surface area contributed by atoms with Gasteiger partial charge in [0.15, 0.2) is 0 Å². The molecule has 7 heteroatoms. The second kappa shape index (κ2) is 6.64. The third-order valence-electron chi connectivity index (χ3n) is 5.74. The Morgan fingerprint density at radius 1 is 1.23 bits per heavy atom. The summed E-state index contributed by atoms with van der Waals surface area (Å²) >= 11 is 3.33. The van der Waals surface area contributed by atoms with Crippen molar-refractivity contribution < 1.29 is 4.39 Å². The molecule has 1 spiro atoms. The van der Waals surface area contributed by atoms with Crippen LogP contribution in [0.25, 0.3) is 10.2 Å². The molecular weight excluding hydrogens is 367 g/mol. The molecule has 1 N–H and O–H groups in total. The van der Waals surface area contributed by atoms with Gasteiger partial charge in [0, 0.05) is 17.6 Å². The van der Waals surface area contributed by atoms with Crippen LogP contribution in [0.2, 0.25) is 0 Å². The lowest BCUT2D eigenvalue weighted by molar-refractivity contribution is 0.188. The fraction of sp³-hybridized carbons (Fsp3) is 0.474. The maximum absolute atomic E-state index is 13.5. The molecule has 136 valence electrons. The van der Waals surface area contributed by atoms with Crippen molar-refractivity contribution in [1.82, 2.24) is 20.2 Å². The molecule has 5 rings (SSSR count). The standard InChI is InChI=1S/C19H21FN4S2/c20-13-1-2-14-15(9-13)26-18(23-14)12-24(11-17-22-7-8-25-17)16-10-19(16)3-5-21-6-4-19/h1-2,7-9,16,21H,3-6,10-12H2. The topological polar surface area (TPSA) is 41.1 Å². The van der Waals surface area contributed by atoms with Gasteiger partial charge in [-0.15, -0.1) is 22.7 Å². The lowest BCUT2D eigenvalue weighted by atomic mass is 9.93. The van der Waals surface area contributed by atoms with Gasteiger partial charge in [-0.2, -0.15) is 0 Å². The van der Waals surface area contributed by atoms with Crippen LogP contribution in [0.4, 0.5) is 4.39 Å². The fourth-order valence-electron chi connectivity index (χ4n) is 4.27. The summed E-state index contributed by atoms with van der Waals surface area (Å²) in [6.07, 6.45) is 5.68. The lowest BCUT2D eigenvalue weighted by Crippen LogP contribution is -2.35. The highest BCUT2D eigenvalue weighted by molar-refractivity contribution is 7.18. The zero-order valence-electron chi connectivity index (χ0n) is 14.4. The monoisotopic (exact) mass is 388 g/mol. The number of piperidine rings is 1. The molecule has 3 aromatic rings. The van der Waals surface area contributed by atoms with E-state index in [-0.39, 0.29) is 5.82 Å². The zero-order chi connectivity index (χ0) is 17.6. The average Bonchev–Trinajstić information content (AvgIpc) is 3.01. The highest BCUT2D eigenvalue weighted by atomic mass is 32.1. The SMILES string of the molecule is Fc1ccc2nc(CN(Cc3nccs3)C3CC34CCNCC4)sc2c1. The molecule has 1 saturated heterocycles. The van der Waals surface area contributed by atoms with Crippen LogP contribution in [0, 0.1) is 11.2 Å². The molecule has 2 fully saturated rings. The van der Waals surface area contributed by atoms with Gasteiger partial charge in [-0.3, -0.25) is 4.90 Å². The van der Waals surface area contributed by atoms with E-state index in [1.54, 1.807) is 34.8 Å². The largest absolute Gasteiger partial charge is 0.317 e. The molecule has 0 amide bonds. The molecule has 4 nitrogen and oxygen atoms in total. The number of nitrogens with zero attached hydrogens (tertiary/aromatic N) is 3. The Hall–Kier alpha value is -1.41. The van der Waals surface area contributed by atoms with Gasteiger partial charge < -0.3 is 5.32 Å². The van der Waals surface area contributed by atoms with Gasteiger partial charge in [0.1, 0.15) is 15.8 Å². The van der Waals surface area contributed by atoms with Crippen LogP contribution in [0.3, 0.4) is 0 Å². The van der Waals surface area contributed by atoms with Gasteiger partial charge in [-0.25, -0.2) is 14.4 Å². The Bertz CT molecular complexity index is 902. The maximum atomic E-state index is 13.5. The van der Waals surface area contributed by atoms with Crippen LogP contribution in [0.5, 0.6) is 0 Å². The predicted octanol–water partition coefficient (Wildman–Crippen LogP) is 4.04. The van der Waals surface area contributed by atoms with Crippen LogP contribution >= 0.6 is 22.7 Å². The van der Waals surface area contributed by atoms with E-state index in [1.807, 2.05) is 11.6 Å². The van der Waals surface area contributed by atoms with E-state index in [1.165, 1.54) is 25.3 Å². The molecule has 1 saturated carbocycles. The van der Waals surface area contributed by atoms with E-state index in [0.717, 1.165) is 46.4 Å². The van der Waals surface area contributed by atoms with Gasteiger partial charge in [-0.1, -0.05) is 0 Å². The van der Waals surface area contributed by atoms with Crippen LogP contribution in [0.15, 0.2) is 29.8 Å². The number of benzene rings is 1. The van der Waals surface area contributed by atoms with Gasteiger partial charge in [0.2, 0.25) is 0 Å². The van der Waals surface area contributed by atoms with Crippen LogP contribution in [-0.4, -0.2) is 34.0 Å². The number of aromatic nitrogens is 2. The number of halogens is 1. The second-order valence-corrected chi connectivity index (χ2v) is 9.48. The molecule has 0 radical (unpaired) electrons. The van der Waals surface area contributed by atoms with Crippen molar-refractivity contribution >= 4 is 32.9 Å². The van der Waals surface area contributed by atoms with E-state index in [0.29, 0.717) is 11.5 Å². The second-order valence-electron chi connectivity index (χ2n) is 7.38. The summed E-state index contributed by atoms with van der Waals surface area (Å²) in [5.41, 5.74) is 1.37. The minimum Gasteiger partial charge on any atom is -0.317 e. The van der Waals surface area contributed by atoms with Crippen LogP contribution in [0.1, 0.15) is 29.3 Å². The number of hydrogen-bond acceptors (Lipinski definition) is 6. The van der Waals surface area contributed by atoms with E-state index in [4.69, 9.17) is 4.98 Å². The normalized spacial score (nSPS) is 21.7. The smallest absolute Gasteiger partial charge is 0.124 e. The predicted molar refractivity (Wildman–Crippen MR) is 104 cm³/mol. The van der Waals surface area contributed by atoms with E-state index in [2.05, 4.69) is 15.2 Å². The van der Waals surface area contributed by atoms with Crippen molar-refractivity contribution in [2.24, 2.45) is 5.41 Å². The molecule has 2 aliphatic rings. The first-order chi connectivity index (χ1) is 12.7. The van der Waals surface area contributed by atoms with Gasteiger partial charge in [0.05, 0.1) is 23.3 Å². The van der Waals surface area contributed by atoms with E-state index < -0.39 is 0 Å². The van der Waals surface area contributed by atoms with Crippen LogP contribution in [-0.2, 0) is 13.1 Å². The third-order valence-corrected chi connectivity index (χ3v) is 7.51. The summed E-state index contributed by atoms with van der Waals surface area (Å²) in [4.78, 5) is 11.8. The first kappa shape index (κ1) is 16.7. The van der Waals surface area contributed by atoms with E-state index in [9.17, 15) is 4.39 Å². The summed E-state index contributed by atoms with van der Waals surface area (Å²) in [6, 6.07) is 5.47. The molecule has 1 aliphatic heterocycles. The summed E-state index contributed by atoms with van der Waals surface area (Å²) < 4.78 is 14.4. The molecule has 26 heavy (non-hydrogen) atoms. The van der Waals surface area contributed by atoms with Crippen molar-refractivity contribution in [2.75, 3.05) is 13.1 Å². The number of rotatable bonds is 5. The highest BCUT2D eigenvalue weighted by Gasteiger charge is 2.56. The van der Waals surface area contributed by atoms with Crippen molar-refractivity contribution in [3.05, 3.63) is 45.6 Å². The molecule has 0 bridgehead atoms. The minimum atomic E-state index is -0.191. The average molecular weight is 389 g/mol. The number of nitrogens with one attached hydrogen (secondary N) is 1. The Kier molecular flexibility index (Phi) is 4.27. The summed E-state index contributed by atoms with van der Waals surface area (Å²) in [6.45, 7) is 3.95. The van der Waals surface area contributed by atoms with Crippen molar-refractivity contribution in [3.8, 4) is 0 Å². The van der Waals surface area contributed by atoms with Crippen molar-refractivity contribution in [1.29, 1.82) is 0 Å². The minimum absolute atomic E-state index is 0.191. The molecular formula is C19H21FN4S2. The number of fused-ring (bicyclic) bond motifs is 1. The highest BCUT2D eigenvalue weighted by Crippen LogP contribution is 2.56. The summed E-state index contributed by atoms with van der Waals surface area (Å²) in [5.74, 6) is -0.191. The molecule has 1 unspecified atom stereocenters. The van der Waals surface area contributed by atoms with Crippen molar-refractivity contribution in [3.63, 3.8) is 0 Å². The lowest BCUT2D eigenvalue weighted by Gasteiger charge is -2.28. The molecule has 2 aromatic heterocycles. The van der Waals surface area contributed by atoms with Crippen LogP contribution < -0.4 is 5.32 Å². The molecule has 3 heterocycles. The number of thiazole rings is 2. The zero-order valence-corrected chi connectivity index (χ0v) is 16.1. The Morgan fingerprint density at radius 3 is 2.88 bits per heavy atom. The number of hydrogen-bond donors (Lipinski definition) is 1. The maximum Gasteiger partial charge on any atom is 0.124 e. The first-order valence-corrected chi connectivity index (χ1v) is 10.8. The molecule has 1 aliphatic carbocycles. The molecule has 1 atom stereocenters. The van der Waals surface area contributed by atoms with Gasteiger partial charge in [0.25, 0.3) is 0 Å². The molecule has 1 aromatic carbocycles. The summed E-state index contributed by atoms with van der Waals surface area (Å²) in [5, 5.41) is 7.75. The third kappa shape index (κ3) is 3.17. The van der Waals surface area contributed by atoms with E-state index >= 15 is 0 Å². The quantitative estimate of drug-likeness (QED) is 0.716. The Morgan fingerprint density at radius 2 is 2.08 bits per heavy atom.